The number of amides is 1. The van der Waals surface area contributed by atoms with Gasteiger partial charge in [0.05, 0.1) is 6.10 Å². The van der Waals surface area contributed by atoms with E-state index in [-0.39, 0.29) is 18.1 Å². The molecule has 5 heteroatoms. The molecule has 0 spiro atoms. The van der Waals surface area contributed by atoms with Crippen LogP contribution in [0.2, 0.25) is 0 Å². The third kappa shape index (κ3) is 4.72. The molecule has 2 atom stereocenters. The predicted molar refractivity (Wildman–Crippen MR) is 94.7 cm³/mol. The van der Waals surface area contributed by atoms with Crippen molar-refractivity contribution in [3.05, 3.63) is 35.9 Å². The zero-order chi connectivity index (χ0) is 15.9. The number of hydrogen-bond acceptors (Lipinski definition) is 4. The molecular weight excluding hydrogens is 308 g/mol. The Labute approximate surface area is 143 Å². The number of rotatable bonds is 5. The standard InChI is InChI=1S/C18H26N2O2S/c21-18(19-14-16-8-4-5-11-22-16)17(15-6-2-1-3-7-15)20-9-12-23-13-10-20/h1-3,6-7,16-17H,4-5,8-14H2,(H,19,21)/t16-,17-/m1/s1. The van der Waals surface area contributed by atoms with Gasteiger partial charge >= 0.3 is 0 Å². The molecule has 2 aliphatic heterocycles. The number of carbonyl (C=O) groups is 1. The van der Waals surface area contributed by atoms with Crippen molar-refractivity contribution in [2.24, 2.45) is 0 Å². The largest absolute Gasteiger partial charge is 0.376 e. The number of nitrogens with one attached hydrogen (secondary N) is 1. The van der Waals surface area contributed by atoms with E-state index in [0.717, 1.165) is 49.6 Å². The Morgan fingerprint density at radius 1 is 1.26 bits per heavy atom. The van der Waals surface area contributed by atoms with Gasteiger partial charge in [0.2, 0.25) is 5.91 Å². The number of nitrogens with zero attached hydrogens (tertiary/aromatic N) is 1. The molecule has 3 rings (SSSR count). The Morgan fingerprint density at radius 2 is 2.04 bits per heavy atom. The van der Waals surface area contributed by atoms with Crippen LogP contribution < -0.4 is 5.32 Å². The van der Waals surface area contributed by atoms with Crippen LogP contribution in [-0.4, -0.2) is 54.7 Å². The lowest BCUT2D eigenvalue weighted by Crippen LogP contribution is -2.46. The van der Waals surface area contributed by atoms with Crippen LogP contribution in [0.4, 0.5) is 0 Å². The molecule has 1 N–H and O–H groups in total. The van der Waals surface area contributed by atoms with E-state index in [1.807, 2.05) is 30.0 Å². The quantitative estimate of drug-likeness (QED) is 0.898. The fraction of sp³-hybridized carbons (Fsp3) is 0.611. The van der Waals surface area contributed by atoms with Crippen molar-refractivity contribution in [3.63, 3.8) is 0 Å². The number of carbonyl (C=O) groups excluding carboxylic acids is 1. The molecule has 2 saturated heterocycles. The highest BCUT2D eigenvalue weighted by molar-refractivity contribution is 7.99. The average Bonchev–Trinajstić information content (AvgIpc) is 2.63. The second-order valence-corrected chi connectivity index (χ2v) is 7.42. The lowest BCUT2D eigenvalue weighted by molar-refractivity contribution is -0.127. The summed E-state index contributed by atoms with van der Waals surface area (Å²) in [6.07, 6.45) is 3.58. The van der Waals surface area contributed by atoms with Gasteiger partial charge in [-0.05, 0) is 24.8 Å². The van der Waals surface area contributed by atoms with Gasteiger partial charge in [-0.25, -0.2) is 0 Å². The van der Waals surface area contributed by atoms with Gasteiger partial charge in [0, 0.05) is 37.7 Å². The van der Waals surface area contributed by atoms with Gasteiger partial charge in [0.25, 0.3) is 0 Å². The monoisotopic (exact) mass is 334 g/mol. The molecule has 2 heterocycles. The molecule has 126 valence electrons. The number of thioether (sulfide) groups is 1. The molecule has 0 unspecified atom stereocenters. The topological polar surface area (TPSA) is 41.6 Å². The highest BCUT2D eigenvalue weighted by atomic mass is 32.2. The first kappa shape index (κ1) is 16.8. The minimum atomic E-state index is -0.180. The normalized spacial score (nSPS) is 24.1. The smallest absolute Gasteiger partial charge is 0.242 e. The Morgan fingerprint density at radius 3 is 2.74 bits per heavy atom. The van der Waals surface area contributed by atoms with E-state index in [2.05, 4.69) is 22.3 Å². The molecule has 0 aromatic heterocycles. The summed E-state index contributed by atoms with van der Waals surface area (Å²) in [5.41, 5.74) is 1.08. The van der Waals surface area contributed by atoms with Crippen molar-refractivity contribution in [3.8, 4) is 0 Å². The molecule has 1 amide bonds. The van der Waals surface area contributed by atoms with E-state index >= 15 is 0 Å². The molecule has 2 fully saturated rings. The molecule has 0 bridgehead atoms. The summed E-state index contributed by atoms with van der Waals surface area (Å²) >= 11 is 1.97. The van der Waals surface area contributed by atoms with Crippen molar-refractivity contribution in [1.82, 2.24) is 10.2 Å². The second kappa shape index (κ2) is 8.71. The molecule has 0 radical (unpaired) electrons. The second-order valence-electron chi connectivity index (χ2n) is 6.20. The van der Waals surface area contributed by atoms with Gasteiger partial charge < -0.3 is 10.1 Å². The molecule has 0 aliphatic carbocycles. The molecule has 2 aliphatic rings. The highest BCUT2D eigenvalue weighted by Gasteiger charge is 2.29. The summed E-state index contributed by atoms with van der Waals surface area (Å²) in [6, 6.07) is 9.96. The highest BCUT2D eigenvalue weighted by Crippen LogP contribution is 2.24. The van der Waals surface area contributed by atoms with Gasteiger partial charge in [0.15, 0.2) is 0 Å². The molecule has 4 nitrogen and oxygen atoms in total. The van der Waals surface area contributed by atoms with E-state index < -0.39 is 0 Å². The van der Waals surface area contributed by atoms with Gasteiger partial charge in [-0.2, -0.15) is 11.8 Å². The van der Waals surface area contributed by atoms with E-state index in [0.29, 0.717) is 6.54 Å². The minimum absolute atomic E-state index is 0.109. The van der Waals surface area contributed by atoms with Crippen LogP contribution >= 0.6 is 11.8 Å². The third-order valence-corrected chi connectivity index (χ3v) is 5.49. The fourth-order valence-corrected chi connectivity index (χ4v) is 4.21. The van der Waals surface area contributed by atoms with Gasteiger partial charge in [-0.3, -0.25) is 9.69 Å². The average molecular weight is 334 g/mol. The van der Waals surface area contributed by atoms with Crippen LogP contribution in [-0.2, 0) is 9.53 Å². The van der Waals surface area contributed by atoms with E-state index in [1.165, 1.54) is 6.42 Å². The van der Waals surface area contributed by atoms with Gasteiger partial charge in [0.1, 0.15) is 6.04 Å². The van der Waals surface area contributed by atoms with Crippen LogP contribution in [0.15, 0.2) is 30.3 Å². The van der Waals surface area contributed by atoms with Gasteiger partial charge in [-0.1, -0.05) is 30.3 Å². The maximum Gasteiger partial charge on any atom is 0.242 e. The number of ether oxygens (including phenoxy) is 1. The minimum Gasteiger partial charge on any atom is -0.376 e. The Hall–Kier alpha value is -1.04. The maximum atomic E-state index is 12.9. The lowest BCUT2D eigenvalue weighted by Gasteiger charge is -2.34. The summed E-state index contributed by atoms with van der Waals surface area (Å²) < 4.78 is 5.73. The maximum absolute atomic E-state index is 12.9. The van der Waals surface area contributed by atoms with E-state index in [1.54, 1.807) is 0 Å². The molecule has 23 heavy (non-hydrogen) atoms. The summed E-state index contributed by atoms with van der Waals surface area (Å²) in [5.74, 6) is 2.31. The Kier molecular flexibility index (Phi) is 6.37. The summed E-state index contributed by atoms with van der Waals surface area (Å²) in [4.78, 5) is 15.2. The van der Waals surface area contributed by atoms with Crippen molar-refractivity contribution in [2.45, 2.75) is 31.4 Å². The zero-order valence-corrected chi connectivity index (χ0v) is 14.4. The van der Waals surface area contributed by atoms with Crippen LogP contribution in [0.5, 0.6) is 0 Å². The first-order valence-corrected chi connectivity index (χ1v) is 9.76. The first-order valence-electron chi connectivity index (χ1n) is 8.60. The number of benzene rings is 1. The molecule has 1 aromatic carbocycles. The lowest BCUT2D eigenvalue weighted by atomic mass is 10.0. The van der Waals surface area contributed by atoms with Gasteiger partial charge in [-0.15, -0.1) is 0 Å². The summed E-state index contributed by atoms with van der Waals surface area (Å²) in [5, 5.41) is 3.14. The first-order chi connectivity index (χ1) is 11.3. The van der Waals surface area contributed by atoms with Crippen LogP contribution in [0, 0.1) is 0 Å². The third-order valence-electron chi connectivity index (χ3n) is 4.55. The zero-order valence-electron chi connectivity index (χ0n) is 13.6. The summed E-state index contributed by atoms with van der Waals surface area (Å²) in [6.45, 7) is 3.39. The summed E-state index contributed by atoms with van der Waals surface area (Å²) in [7, 11) is 0. The van der Waals surface area contributed by atoms with Crippen molar-refractivity contribution in [2.75, 3.05) is 37.7 Å². The molecule has 0 saturated carbocycles. The van der Waals surface area contributed by atoms with E-state index in [4.69, 9.17) is 4.74 Å². The van der Waals surface area contributed by atoms with E-state index in [9.17, 15) is 4.79 Å². The SMILES string of the molecule is O=C(NC[C@H]1CCCCO1)[C@@H](c1ccccc1)N1CCSCC1. The van der Waals surface area contributed by atoms with Crippen molar-refractivity contribution >= 4 is 17.7 Å². The Bertz CT molecular complexity index is 485. The predicted octanol–water partition coefficient (Wildman–Crippen LogP) is 2.46. The molecular formula is C18H26N2O2S. The van der Waals surface area contributed by atoms with Crippen LogP contribution in [0.3, 0.4) is 0 Å². The van der Waals surface area contributed by atoms with Crippen LogP contribution in [0.1, 0.15) is 30.9 Å². The van der Waals surface area contributed by atoms with Crippen molar-refractivity contribution in [1.29, 1.82) is 0 Å². The number of hydrogen-bond donors (Lipinski definition) is 1. The van der Waals surface area contributed by atoms with Crippen LogP contribution in [0.25, 0.3) is 0 Å². The fourth-order valence-electron chi connectivity index (χ4n) is 3.28. The Balaban J connectivity index is 1.65. The van der Waals surface area contributed by atoms with Crippen molar-refractivity contribution < 1.29 is 9.53 Å². The molecule has 1 aromatic rings.